The van der Waals surface area contributed by atoms with Crippen LogP contribution in [0, 0.1) is 23.7 Å². The van der Waals surface area contributed by atoms with Gasteiger partial charge >= 0.3 is 0 Å². The lowest BCUT2D eigenvalue weighted by Gasteiger charge is -2.41. The number of hydrogen-bond donors (Lipinski definition) is 0. The number of piperidine rings is 1. The third kappa shape index (κ3) is 4.04. The van der Waals surface area contributed by atoms with Crippen LogP contribution in [0.4, 0.5) is 0 Å². The Morgan fingerprint density at radius 1 is 1.00 bits per heavy atom. The molecule has 2 aliphatic carbocycles. The summed E-state index contributed by atoms with van der Waals surface area (Å²) in [6.45, 7) is 6.87. The Balaban J connectivity index is 1.44. The summed E-state index contributed by atoms with van der Waals surface area (Å²) in [6.07, 6.45) is 10.6. The first-order valence-electron chi connectivity index (χ1n) is 9.51. The average Bonchev–Trinajstić information content (AvgIpc) is 2.51. The number of carbonyl (C=O) groups excluding carboxylic acids is 1. The van der Waals surface area contributed by atoms with Gasteiger partial charge in [-0.05, 0) is 55.8 Å². The second-order valence-electron chi connectivity index (χ2n) is 8.28. The van der Waals surface area contributed by atoms with E-state index in [-0.39, 0.29) is 5.91 Å². The SMILES string of the molecule is CC1CC(C)CC(OCC(=O)N2CCC3CCCCC3C2)C1. The second-order valence-corrected chi connectivity index (χ2v) is 8.28. The highest BCUT2D eigenvalue weighted by Crippen LogP contribution is 2.36. The lowest BCUT2D eigenvalue weighted by atomic mass is 9.75. The van der Waals surface area contributed by atoms with Crippen molar-refractivity contribution < 1.29 is 9.53 Å². The highest BCUT2D eigenvalue weighted by Gasteiger charge is 2.33. The van der Waals surface area contributed by atoms with Crippen LogP contribution in [0.2, 0.25) is 0 Å². The minimum absolute atomic E-state index is 0.231. The van der Waals surface area contributed by atoms with Crippen LogP contribution in [0.1, 0.15) is 65.2 Å². The first-order valence-corrected chi connectivity index (χ1v) is 9.51. The molecule has 0 aromatic rings. The third-order valence-electron chi connectivity index (χ3n) is 6.22. The van der Waals surface area contributed by atoms with Crippen LogP contribution in [0.3, 0.4) is 0 Å². The molecule has 0 N–H and O–H groups in total. The van der Waals surface area contributed by atoms with Crippen LogP contribution in [0.25, 0.3) is 0 Å². The molecule has 1 aliphatic heterocycles. The van der Waals surface area contributed by atoms with Crippen molar-refractivity contribution in [2.75, 3.05) is 19.7 Å². The van der Waals surface area contributed by atoms with E-state index in [1.165, 1.54) is 38.5 Å². The molecule has 4 atom stereocenters. The number of likely N-dealkylation sites (tertiary alicyclic amines) is 1. The molecule has 1 amide bonds. The highest BCUT2D eigenvalue weighted by molar-refractivity contribution is 5.77. The third-order valence-corrected chi connectivity index (χ3v) is 6.22. The molecule has 0 aromatic carbocycles. The summed E-state index contributed by atoms with van der Waals surface area (Å²) in [7, 11) is 0. The van der Waals surface area contributed by atoms with E-state index in [1.54, 1.807) is 0 Å². The molecule has 3 nitrogen and oxygen atoms in total. The largest absolute Gasteiger partial charge is 0.368 e. The number of amides is 1. The van der Waals surface area contributed by atoms with E-state index >= 15 is 0 Å². The van der Waals surface area contributed by atoms with E-state index < -0.39 is 0 Å². The lowest BCUT2D eigenvalue weighted by Crippen LogP contribution is -2.46. The fourth-order valence-corrected chi connectivity index (χ4v) is 5.12. The highest BCUT2D eigenvalue weighted by atomic mass is 16.5. The average molecular weight is 307 g/mol. The van der Waals surface area contributed by atoms with Crippen molar-refractivity contribution in [2.45, 2.75) is 71.3 Å². The molecule has 0 aromatic heterocycles. The van der Waals surface area contributed by atoms with E-state index in [0.29, 0.717) is 12.7 Å². The Labute approximate surface area is 135 Å². The normalized spacial score (nSPS) is 39.4. The number of rotatable bonds is 3. The van der Waals surface area contributed by atoms with Gasteiger partial charge in [-0.1, -0.05) is 33.1 Å². The van der Waals surface area contributed by atoms with Gasteiger partial charge in [0.05, 0.1) is 6.10 Å². The smallest absolute Gasteiger partial charge is 0.248 e. The number of hydrogen-bond acceptors (Lipinski definition) is 2. The molecule has 3 aliphatic rings. The Kier molecular flexibility index (Phi) is 5.43. The van der Waals surface area contributed by atoms with Crippen LogP contribution in [0.5, 0.6) is 0 Å². The van der Waals surface area contributed by atoms with Gasteiger partial charge in [0, 0.05) is 13.1 Å². The van der Waals surface area contributed by atoms with E-state index in [1.807, 2.05) is 0 Å². The molecule has 3 fully saturated rings. The van der Waals surface area contributed by atoms with Gasteiger partial charge in [-0.3, -0.25) is 4.79 Å². The summed E-state index contributed by atoms with van der Waals surface area (Å²) in [6, 6.07) is 0. The first kappa shape index (κ1) is 16.3. The fourth-order valence-electron chi connectivity index (χ4n) is 5.12. The Morgan fingerprint density at radius 2 is 1.68 bits per heavy atom. The summed E-state index contributed by atoms with van der Waals surface area (Å²) in [4.78, 5) is 14.6. The van der Waals surface area contributed by atoms with Crippen molar-refractivity contribution in [3.63, 3.8) is 0 Å². The molecule has 2 saturated carbocycles. The summed E-state index contributed by atoms with van der Waals surface area (Å²) < 4.78 is 5.98. The number of carbonyl (C=O) groups is 1. The van der Waals surface area contributed by atoms with Gasteiger partial charge in [0.2, 0.25) is 5.91 Å². The van der Waals surface area contributed by atoms with Gasteiger partial charge in [-0.25, -0.2) is 0 Å². The molecule has 3 heteroatoms. The van der Waals surface area contributed by atoms with Gasteiger partial charge in [-0.2, -0.15) is 0 Å². The first-order chi connectivity index (χ1) is 10.6. The minimum atomic E-state index is 0.231. The van der Waals surface area contributed by atoms with E-state index in [0.717, 1.165) is 49.6 Å². The Hall–Kier alpha value is -0.570. The summed E-state index contributed by atoms with van der Waals surface area (Å²) >= 11 is 0. The van der Waals surface area contributed by atoms with Gasteiger partial charge in [0.1, 0.15) is 6.61 Å². The van der Waals surface area contributed by atoms with Crippen molar-refractivity contribution in [1.82, 2.24) is 4.90 Å². The van der Waals surface area contributed by atoms with Crippen molar-refractivity contribution >= 4 is 5.91 Å². The topological polar surface area (TPSA) is 29.5 Å². The molecule has 126 valence electrons. The summed E-state index contributed by atoms with van der Waals surface area (Å²) in [5.41, 5.74) is 0. The van der Waals surface area contributed by atoms with E-state index in [9.17, 15) is 4.79 Å². The summed E-state index contributed by atoms with van der Waals surface area (Å²) in [5, 5.41) is 0. The monoisotopic (exact) mass is 307 g/mol. The van der Waals surface area contributed by atoms with Crippen molar-refractivity contribution in [1.29, 1.82) is 0 Å². The van der Waals surface area contributed by atoms with Crippen molar-refractivity contribution in [3.05, 3.63) is 0 Å². The summed E-state index contributed by atoms with van der Waals surface area (Å²) in [5.74, 6) is 3.36. The zero-order valence-corrected chi connectivity index (χ0v) is 14.4. The molecule has 0 radical (unpaired) electrons. The maximum atomic E-state index is 12.5. The minimum Gasteiger partial charge on any atom is -0.368 e. The molecule has 1 saturated heterocycles. The van der Waals surface area contributed by atoms with Crippen LogP contribution in [0.15, 0.2) is 0 Å². The second kappa shape index (κ2) is 7.33. The zero-order valence-electron chi connectivity index (χ0n) is 14.4. The van der Waals surface area contributed by atoms with Gasteiger partial charge in [0.25, 0.3) is 0 Å². The molecular weight excluding hydrogens is 274 g/mol. The molecule has 0 spiro atoms. The molecule has 4 unspecified atom stereocenters. The Morgan fingerprint density at radius 3 is 2.41 bits per heavy atom. The number of nitrogens with zero attached hydrogens (tertiary/aromatic N) is 1. The van der Waals surface area contributed by atoms with Crippen molar-refractivity contribution in [3.8, 4) is 0 Å². The lowest BCUT2D eigenvalue weighted by molar-refractivity contribution is -0.142. The van der Waals surface area contributed by atoms with Crippen LogP contribution in [-0.2, 0) is 9.53 Å². The van der Waals surface area contributed by atoms with Crippen molar-refractivity contribution in [2.24, 2.45) is 23.7 Å². The van der Waals surface area contributed by atoms with Gasteiger partial charge < -0.3 is 9.64 Å². The molecule has 3 rings (SSSR count). The van der Waals surface area contributed by atoms with Gasteiger partial charge in [0.15, 0.2) is 0 Å². The standard InChI is InChI=1S/C19H33NO2/c1-14-9-15(2)11-18(10-14)22-13-19(21)20-8-7-16-5-3-4-6-17(16)12-20/h14-18H,3-13H2,1-2H3. The molecule has 1 heterocycles. The maximum absolute atomic E-state index is 12.5. The fraction of sp³-hybridized carbons (Fsp3) is 0.947. The maximum Gasteiger partial charge on any atom is 0.248 e. The van der Waals surface area contributed by atoms with Crippen LogP contribution >= 0.6 is 0 Å². The number of fused-ring (bicyclic) bond motifs is 1. The number of ether oxygens (including phenoxy) is 1. The van der Waals surface area contributed by atoms with Crippen LogP contribution < -0.4 is 0 Å². The zero-order chi connectivity index (χ0) is 15.5. The quantitative estimate of drug-likeness (QED) is 0.792. The predicted molar refractivity (Wildman–Crippen MR) is 88.6 cm³/mol. The molecule has 0 bridgehead atoms. The van der Waals surface area contributed by atoms with E-state index in [4.69, 9.17) is 4.74 Å². The molecular formula is C19H33NO2. The molecule has 22 heavy (non-hydrogen) atoms. The van der Waals surface area contributed by atoms with Gasteiger partial charge in [-0.15, -0.1) is 0 Å². The van der Waals surface area contributed by atoms with Crippen LogP contribution in [-0.4, -0.2) is 36.6 Å². The predicted octanol–water partition coefficient (Wildman–Crippen LogP) is 3.87. The Bertz CT molecular complexity index is 374. The van der Waals surface area contributed by atoms with E-state index in [2.05, 4.69) is 18.7 Å².